The van der Waals surface area contributed by atoms with E-state index in [4.69, 9.17) is 4.74 Å². The topological polar surface area (TPSA) is 75.6 Å². The van der Waals surface area contributed by atoms with Crippen LogP contribution in [-0.2, 0) is 9.84 Å². The fraction of sp³-hybridized carbons (Fsp3) is 0.455. The Hall–Kier alpha value is -1.43. The Morgan fingerprint density at radius 2 is 2.12 bits per heavy atom. The summed E-state index contributed by atoms with van der Waals surface area (Å²) in [6, 6.07) is 4.61. The van der Waals surface area contributed by atoms with Gasteiger partial charge in [0, 0.05) is 24.1 Å². The first-order valence-electron chi connectivity index (χ1n) is 5.13. The van der Waals surface area contributed by atoms with Crippen LogP contribution in [0.3, 0.4) is 0 Å². The molecule has 1 atom stereocenters. The first-order valence-corrected chi connectivity index (χ1v) is 7.19. The second-order valence-electron chi connectivity index (χ2n) is 4.02. The Morgan fingerprint density at radius 1 is 1.47 bits per heavy atom. The second kappa shape index (κ2) is 5.27. The molecule has 1 aromatic carbocycles. The van der Waals surface area contributed by atoms with Crippen molar-refractivity contribution in [3.8, 4) is 11.5 Å². The van der Waals surface area contributed by atoms with Gasteiger partial charge in [-0.2, -0.15) is 0 Å². The standard InChI is InChI=1S/C11H17NO4S/c1-8(7-17(3,14)15)12-9-4-5-11(16-2)10(13)6-9/h4-6,8,12-13H,7H2,1-3H3. The van der Waals surface area contributed by atoms with Crippen LogP contribution in [0.15, 0.2) is 18.2 Å². The molecule has 5 nitrogen and oxygen atoms in total. The van der Waals surface area contributed by atoms with Gasteiger partial charge in [-0.05, 0) is 19.1 Å². The van der Waals surface area contributed by atoms with Crippen LogP contribution in [0.5, 0.6) is 11.5 Å². The van der Waals surface area contributed by atoms with E-state index in [1.807, 2.05) is 0 Å². The molecule has 1 aromatic rings. The predicted molar refractivity (Wildman–Crippen MR) is 67.5 cm³/mol. The SMILES string of the molecule is COc1ccc(NC(C)CS(C)(=O)=O)cc1O. The van der Waals surface area contributed by atoms with Gasteiger partial charge in [-0.3, -0.25) is 0 Å². The van der Waals surface area contributed by atoms with Crippen LogP contribution >= 0.6 is 0 Å². The van der Waals surface area contributed by atoms with E-state index in [0.29, 0.717) is 11.4 Å². The smallest absolute Gasteiger partial charge is 0.160 e. The summed E-state index contributed by atoms with van der Waals surface area (Å²) in [5.41, 5.74) is 0.652. The fourth-order valence-corrected chi connectivity index (χ4v) is 2.55. The lowest BCUT2D eigenvalue weighted by Gasteiger charge is -2.15. The molecule has 0 aliphatic heterocycles. The van der Waals surface area contributed by atoms with Crippen LogP contribution in [0.2, 0.25) is 0 Å². The first kappa shape index (κ1) is 13.6. The van der Waals surface area contributed by atoms with E-state index in [1.165, 1.54) is 19.4 Å². The Bertz CT molecular complexity index is 484. The molecule has 0 aliphatic carbocycles. The summed E-state index contributed by atoms with van der Waals surface area (Å²) in [5.74, 6) is 0.440. The fourth-order valence-electron chi connectivity index (χ4n) is 1.56. The zero-order valence-electron chi connectivity index (χ0n) is 10.1. The summed E-state index contributed by atoms with van der Waals surface area (Å²) in [6.45, 7) is 1.77. The maximum Gasteiger partial charge on any atom is 0.160 e. The highest BCUT2D eigenvalue weighted by Gasteiger charge is 2.11. The van der Waals surface area contributed by atoms with E-state index in [9.17, 15) is 13.5 Å². The highest BCUT2D eigenvalue weighted by atomic mass is 32.2. The van der Waals surface area contributed by atoms with Crippen LogP contribution in [0.25, 0.3) is 0 Å². The molecular formula is C11H17NO4S. The lowest BCUT2D eigenvalue weighted by atomic mass is 10.2. The van der Waals surface area contributed by atoms with Gasteiger partial charge in [0.2, 0.25) is 0 Å². The number of sulfone groups is 1. The molecule has 0 spiro atoms. The number of nitrogens with one attached hydrogen (secondary N) is 1. The number of methoxy groups -OCH3 is 1. The highest BCUT2D eigenvalue weighted by molar-refractivity contribution is 7.90. The van der Waals surface area contributed by atoms with Crippen LogP contribution in [0.1, 0.15) is 6.92 Å². The number of hydrogen-bond acceptors (Lipinski definition) is 5. The molecule has 96 valence electrons. The highest BCUT2D eigenvalue weighted by Crippen LogP contribution is 2.28. The lowest BCUT2D eigenvalue weighted by Crippen LogP contribution is -2.24. The Balaban J connectivity index is 2.72. The number of phenolic OH excluding ortho intramolecular Hbond substituents is 1. The monoisotopic (exact) mass is 259 g/mol. The molecular weight excluding hydrogens is 242 g/mol. The molecule has 0 saturated heterocycles. The van der Waals surface area contributed by atoms with Crippen molar-refractivity contribution in [2.45, 2.75) is 13.0 Å². The average Bonchev–Trinajstić information content (AvgIpc) is 2.14. The van der Waals surface area contributed by atoms with Crippen molar-refractivity contribution in [1.82, 2.24) is 0 Å². The minimum absolute atomic E-state index is 0.0176. The van der Waals surface area contributed by atoms with Crippen molar-refractivity contribution in [2.24, 2.45) is 0 Å². The number of benzene rings is 1. The minimum Gasteiger partial charge on any atom is -0.504 e. The summed E-state index contributed by atoms with van der Waals surface area (Å²) >= 11 is 0. The van der Waals surface area contributed by atoms with Gasteiger partial charge in [-0.15, -0.1) is 0 Å². The van der Waals surface area contributed by atoms with Gasteiger partial charge in [0.1, 0.15) is 9.84 Å². The Morgan fingerprint density at radius 3 is 2.59 bits per heavy atom. The van der Waals surface area contributed by atoms with Gasteiger partial charge in [0.25, 0.3) is 0 Å². The number of aromatic hydroxyl groups is 1. The number of hydrogen-bond donors (Lipinski definition) is 2. The number of ether oxygens (including phenoxy) is 1. The molecule has 0 fully saturated rings. The molecule has 1 rings (SSSR count). The van der Waals surface area contributed by atoms with Gasteiger partial charge in [0.05, 0.1) is 12.9 Å². The van der Waals surface area contributed by atoms with E-state index >= 15 is 0 Å². The average molecular weight is 259 g/mol. The van der Waals surface area contributed by atoms with E-state index in [0.717, 1.165) is 0 Å². The largest absolute Gasteiger partial charge is 0.504 e. The van der Waals surface area contributed by atoms with Gasteiger partial charge < -0.3 is 15.2 Å². The molecule has 0 radical (unpaired) electrons. The Kier molecular flexibility index (Phi) is 4.22. The predicted octanol–water partition coefficient (Wildman–Crippen LogP) is 1.25. The van der Waals surface area contributed by atoms with Crippen molar-refractivity contribution >= 4 is 15.5 Å². The molecule has 0 aliphatic rings. The summed E-state index contributed by atoms with van der Waals surface area (Å²) in [5, 5.41) is 12.5. The van der Waals surface area contributed by atoms with Crippen LogP contribution in [0, 0.1) is 0 Å². The van der Waals surface area contributed by atoms with Crippen LogP contribution in [-0.4, -0.2) is 38.7 Å². The van der Waals surface area contributed by atoms with Gasteiger partial charge >= 0.3 is 0 Å². The maximum atomic E-state index is 11.1. The minimum atomic E-state index is -3.02. The maximum absolute atomic E-state index is 11.1. The third kappa shape index (κ3) is 4.52. The molecule has 0 saturated carbocycles. The zero-order chi connectivity index (χ0) is 13.1. The summed E-state index contributed by atoms with van der Waals surface area (Å²) in [7, 11) is -1.55. The molecule has 0 heterocycles. The van der Waals surface area contributed by atoms with Crippen molar-refractivity contribution in [3.05, 3.63) is 18.2 Å². The second-order valence-corrected chi connectivity index (χ2v) is 6.21. The normalized spacial score (nSPS) is 13.1. The van der Waals surface area contributed by atoms with Crippen molar-refractivity contribution in [2.75, 3.05) is 24.4 Å². The molecule has 0 aromatic heterocycles. The number of anilines is 1. The number of rotatable bonds is 5. The molecule has 2 N–H and O–H groups in total. The quantitative estimate of drug-likeness (QED) is 0.832. The van der Waals surface area contributed by atoms with E-state index in [-0.39, 0.29) is 17.5 Å². The zero-order valence-corrected chi connectivity index (χ0v) is 10.9. The lowest BCUT2D eigenvalue weighted by molar-refractivity contribution is 0.373. The first-order chi connectivity index (χ1) is 7.81. The summed E-state index contributed by atoms with van der Waals surface area (Å²) in [6.07, 6.45) is 1.19. The number of phenols is 1. The summed E-state index contributed by atoms with van der Waals surface area (Å²) < 4.78 is 27.1. The van der Waals surface area contributed by atoms with E-state index in [1.54, 1.807) is 19.1 Å². The van der Waals surface area contributed by atoms with Crippen molar-refractivity contribution in [1.29, 1.82) is 0 Å². The van der Waals surface area contributed by atoms with Crippen molar-refractivity contribution in [3.63, 3.8) is 0 Å². The van der Waals surface area contributed by atoms with E-state index < -0.39 is 9.84 Å². The molecule has 6 heteroatoms. The van der Waals surface area contributed by atoms with Gasteiger partial charge in [-0.1, -0.05) is 0 Å². The molecule has 0 amide bonds. The van der Waals surface area contributed by atoms with E-state index in [2.05, 4.69) is 5.32 Å². The molecule has 1 unspecified atom stereocenters. The van der Waals surface area contributed by atoms with Crippen molar-refractivity contribution < 1.29 is 18.3 Å². The molecule has 17 heavy (non-hydrogen) atoms. The summed E-state index contributed by atoms with van der Waals surface area (Å²) in [4.78, 5) is 0. The third-order valence-electron chi connectivity index (χ3n) is 2.14. The van der Waals surface area contributed by atoms with Gasteiger partial charge in [-0.25, -0.2) is 8.42 Å². The van der Waals surface area contributed by atoms with Crippen LogP contribution < -0.4 is 10.1 Å². The molecule has 0 bridgehead atoms. The van der Waals surface area contributed by atoms with Crippen LogP contribution in [0.4, 0.5) is 5.69 Å². The van der Waals surface area contributed by atoms with Gasteiger partial charge in [0.15, 0.2) is 11.5 Å². The third-order valence-corrected chi connectivity index (χ3v) is 3.25. The Labute approximate surface area is 101 Å².